The van der Waals surface area contributed by atoms with E-state index in [2.05, 4.69) is 97.5 Å². The van der Waals surface area contributed by atoms with E-state index in [4.69, 9.17) is 9.47 Å². The van der Waals surface area contributed by atoms with E-state index in [1.165, 1.54) is 33.1 Å². The monoisotopic (exact) mass is 443 g/mol. The summed E-state index contributed by atoms with van der Waals surface area (Å²) in [5.41, 5.74) is 6.52. The molecule has 0 aliphatic carbocycles. The summed E-state index contributed by atoms with van der Waals surface area (Å²) in [5.74, 6) is 0.964. The molecule has 2 aromatic rings. The van der Waals surface area contributed by atoms with Crippen molar-refractivity contribution in [1.82, 2.24) is 4.90 Å². The smallest absolute Gasteiger partial charge is 0.188 e. The summed E-state index contributed by atoms with van der Waals surface area (Å²) in [6.45, 7) is 21.6. The van der Waals surface area contributed by atoms with Crippen LogP contribution in [0.1, 0.15) is 69.4 Å². The number of benzene rings is 2. The van der Waals surface area contributed by atoms with Crippen LogP contribution in [0.25, 0.3) is 0 Å². The van der Waals surface area contributed by atoms with E-state index >= 15 is 0 Å². The van der Waals surface area contributed by atoms with Gasteiger partial charge in [-0.3, -0.25) is 4.90 Å². The number of hydrogen-bond donors (Lipinski definition) is 0. The molecule has 1 unspecified atom stereocenters. The van der Waals surface area contributed by atoms with Gasteiger partial charge in [-0.25, -0.2) is 0 Å². The molecule has 0 N–H and O–H groups in total. The van der Waals surface area contributed by atoms with Gasteiger partial charge < -0.3 is 9.47 Å². The van der Waals surface area contributed by atoms with Crippen molar-refractivity contribution in [3.05, 3.63) is 58.1 Å². The fourth-order valence-electron chi connectivity index (χ4n) is 4.31. The molecule has 2 rings (SSSR count). The van der Waals surface area contributed by atoms with Crippen molar-refractivity contribution >= 4 is 13.9 Å². The molecular weight excluding hydrogens is 401 g/mol. The SMILES string of the molecule is COCOc1c(C)cc(C)cc1C(C)(C)Pc1c(C)cccc1CN(C(C)C)C(C)C. The van der Waals surface area contributed by atoms with Crippen LogP contribution in [0.5, 0.6) is 5.75 Å². The minimum atomic E-state index is -0.0544. The van der Waals surface area contributed by atoms with Crippen molar-refractivity contribution in [1.29, 1.82) is 0 Å². The Morgan fingerprint density at radius 2 is 1.61 bits per heavy atom. The van der Waals surface area contributed by atoms with Crippen LogP contribution in [0.2, 0.25) is 0 Å². The first kappa shape index (κ1) is 25.8. The molecule has 1 atom stereocenters. The quantitative estimate of drug-likeness (QED) is 0.311. The first-order chi connectivity index (χ1) is 14.5. The van der Waals surface area contributed by atoms with E-state index in [1.54, 1.807) is 7.11 Å². The van der Waals surface area contributed by atoms with Gasteiger partial charge in [0.15, 0.2) is 6.79 Å². The minimum Gasteiger partial charge on any atom is -0.467 e. The molecule has 2 aromatic carbocycles. The minimum absolute atomic E-state index is 0.0544. The van der Waals surface area contributed by atoms with Crippen molar-refractivity contribution in [3.8, 4) is 5.75 Å². The van der Waals surface area contributed by atoms with E-state index in [0.717, 1.165) is 12.3 Å². The van der Waals surface area contributed by atoms with E-state index in [9.17, 15) is 0 Å². The first-order valence-electron chi connectivity index (χ1n) is 11.3. The third-order valence-corrected chi connectivity index (χ3v) is 7.75. The maximum Gasteiger partial charge on any atom is 0.188 e. The Kier molecular flexibility index (Phi) is 9.13. The highest BCUT2D eigenvalue weighted by Crippen LogP contribution is 2.46. The Morgan fingerprint density at radius 1 is 0.968 bits per heavy atom. The number of aryl methyl sites for hydroxylation is 3. The Morgan fingerprint density at radius 3 is 2.19 bits per heavy atom. The first-order valence-corrected chi connectivity index (χ1v) is 12.3. The lowest BCUT2D eigenvalue weighted by Crippen LogP contribution is -2.37. The van der Waals surface area contributed by atoms with Crippen molar-refractivity contribution in [2.75, 3.05) is 13.9 Å². The molecule has 0 saturated heterocycles. The zero-order valence-electron chi connectivity index (χ0n) is 21.2. The highest BCUT2D eigenvalue weighted by atomic mass is 31.1. The highest BCUT2D eigenvalue weighted by Gasteiger charge is 2.29. The lowest BCUT2D eigenvalue weighted by atomic mass is 9.96. The maximum atomic E-state index is 6.06. The zero-order valence-corrected chi connectivity index (χ0v) is 22.2. The lowest BCUT2D eigenvalue weighted by Gasteiger charge is -2.34. The van der Waals surface area contributed by atoms with E-state index < -0.39 is 0 Å². The Bertz CT molecular complexity index is 866. The van der Waals surface area contributed by atoms with Gasteiger partial charge in [-0.2, -0.15) is 0 Å². The molecule has 0 aliphatic heterocycles. The average Bonchev–Trinajstić information content (AvgIpc) is 2.66. The fourth-order valence-corrected chi connectivity index (χ4v) is 5.85. The molecule has 0 aliphatic rings. The molecule has 0 radical (unpaired) electrons. The van der Waals surface area contributed by atoms with Crippen LogP contribution < -0.4 is 10.0 Å². The highest BCUT2D eigenvalue weighted by molar-refractivity contribution is 7.48. The second kappa shape index (κ2) is 10.9. The third-order valence-electron chi connectivity index (χ3n) is 5.89. The molecule has 0 aromatic heterocycles. The molecule has 0 amide bonds. The van der Waals surface area contributed by atoms with Crippen LogP contribution in [-0.2, 0) is 16.4 Å². The Labute approximate surface area is 192 Å². The van der Waals surface area contributed by atoms with Crippen molar-refractivity contribution in [2.45, 2.75) is 86.1 Å². The standard InChI is InChI=1S/C27H42NO2P/c1-18(2)28(19(3)4)16-23-13-11-12-21(6)26(23)31-27(8,9)24-15-20(5)14-22(7)25(24)30-17-29-10/h11-15,18-19,31H,16-17H2,1-10H3. The van der Waals surface area contributed by atoms with E-state index in [1.807, 2.05) is 0 Å². The van der Waals surface area contributed by atoms with Gasteiger partial charge in [0.2, 0.25) is 0 Å². The molecule has 31 heavy (non-hydrogen) atoms. The van der Waals surface area contributed by atoms with Crippen LogP contribution in [-0.4, -0.2) is 30.9 Å². The van der Waals surface area contributed by atoms with Crippen molar-refractivity contribution in [2.24, 2.45) is 0 Å². The Balaban J connectivity index is 2.49. The number of hydrogen-bond acceptors (Lipinski definition) is 3. The summed E-state index contributed by atoms with van der Waals surface area (Å²) in [6.07, 6.45) is 0. The van der Waals surface area contributed by atoms with Gasteiger partial charge in [0.25, 0.3) is 0 Å². The summed E-state index contributed by atoms with van der Waals surface area (Å²) in [5, 5.41) is 1.43. The normalized spacial score (nSPS) is 12.7. The predicted octanol–water partition coefficient (Wildman–Crippen LogP) is 6.45. The zero-order chi connectivity index (χ0) is 23.3. The van der Waals surface area contributed by atoms with Crippen LogP contribution in [0.3, 0.4) is 0 Å². The van der Waals surface area contributed by atoms with Gasteiger partial charge in [0.1, 0.15) is 5.75 Å². The van der Waals surface area contributed by atoms with E-state index in [0.29, 0.717) is 20.7 Å². The molecule has 172 valence electrons. The van der Waals surface area contributed by atoms with E-state index in [-0.39, 0.29) is 11.9 Å². The topological polar surface area (TPSA) is 21.7 Å². The van der Waals surface area contributed by atoms with Crippen LogP contribution in [0.4, 0.5) is 0 Å². The Hall–Kier alpha value is -1.41. The van der Waals surface area contributed by atoms with Crippen LogP contribution in [0, 0.1) is 20.8 Å². The predicted molar refractivity (Wildman–Crippen MR) is 136 cm³/mol. The van der Waals surface area contributed by atoms with Gasteiger partial charge in [-0.15, -0.1) is 0 Å². The molecule has 0 spiro atoms. The molecule has 0 bridgehead atoms. The fraction of sp³-hybridized carbons (Fsp3) is 0.556. The maximum absolute atomic E-state index is 6.06. The number of methoxy groups -OCH3 is 1. The third kappa shape index (κ3) is 6.54. The molecule has 0 fully saturated rings. The molecule has 0 saturated carbocycles. The summed E-state index contributed by atoms with van der Waals surface area (Å²) in [4.78, 5) is 2.57. The number of rotatable bonds is 10. The van der Waals surface area contributed by atoms with Gasteiger partial charge in [-0.1, -0.05) is 58.3 Å². The number of nitrogens with zero attached hydrogens (tertiary/aromatic N) is 1. The van der Waals surface area contributed by atoms with Crippen LogP contribution >= 0.6 is 8.58 Å². The van der Waals surface area contributed by atoms with Gasteiger partial charge in [0.05, 0.1) is 0 Å². The summed E-state index contributed by atoms with van der Waals surface area (Å²) in [7, 11) is 2.31. The molecule has 0 heterocycles. The summed E-state index contributed by atoms with van der Waals surface area (Å²) >= 11 is 0. The second-order valence-electron chi connectivity index (χ2n) is 9.73. The summed E-state index contributed by atoms with van der Waals surface area (Å²) < 4.78 is 11.3. The van der Waals surface area contributed by atoms with Crippen molar-refractivity contribution in [3.63, 3.8) is 0 Å². The molecule has 4 heteroatoms. The van der Waals surface area contributed by atoms with Crippen LogP contribution in [0.15, 0.2) is 30.3 Å². The lowest BCUT2D eigenvalue weighted by molar-refractivity contribution is 0.0496. The second-order valence-corrected chi connectivity index (χ2v) is 11.7. The molecule has 3 nitrogen and oxygen atoms in total. The van der Waals surface area contributed by atoms with Gasteiger partial charge >= 0.3 is 0 Å². The van der Waals surface area contributed by atoms with Gasteiger partial charge in [-0.05, 0) is 70.5 Å². The largest absolute Gasteiger partial charge is 0.467 e. The number of ether oxygens (including phenoxy) is 2. The molecular formula is C27H42NO2P. The van der Waals surface area contributed by atoms with Gasteiger partial charge in [0, 0.05) is 36.5 Å². The average molecular weight is 444 g/mol. The van der Waals surface area contributed by atoms with Crippen molar-refractivity contribution < 1.29 is 9.47 Å². The summed E-state index contributed by atoms with van der Waals surface area (Å²) in [6, 6.07) is 12.3.